The fourth-order valence-corrected chi connectivity index (χ4v) is 1.06. The zero-order valence-electron chi connectivity index (χ0n) is 7.78. The van der Waals surface area contributed by atoms with E-state index in [1.54, 1.807) is 24.3 Å². The van der Waals surface area contributed by atoms with Crippen LogP contribution in [0.15, 0.2) is 24.3 Å². The first-order valence-corrected chi connectivity index (χ1v) is 4.92. The minimum atomic E-state index is 0.143. The molecule has 4 heteroatoms. The van der Waals surface area contributed by atoms with Crippen molar-refractivity contribution in [1.29, 1.82) is 0 Å². The van der Waals surface area contributed by atoms with Gasteiger partial charge in [0.05, 0.1) is 13.2 Å². The summed E-state index contributed by atoms with van der Waals surface area (Å²) >= 11 is 5.42. The van der Waals surface area contributed by atoms with E-state index in [1.807, 2.05) is 0 Å². The van der Waals surface area contributed by atoms with E-state index in [1.165, 1.54) is 0 Å². The number of alkyl halides is 1. The molecule has 3 nitrogen and oxygen atoms in total. The van der Waals surface area contributed by atoms with Crippen LogP contribution in [0.3, 0.4) is 0 Å². The summed E-state index contributed by atoms with van der Waals surface area (Å²) in [7, 11) is 0. The quantitative estimate of drug-likeness (QED) is 0.584. The van der Waals surface area contributed by atoms with Gasteiger partial charge < -0.3 is 14.6 Å². The Hall–Kier alpha value is -0.930. The molecule has 0 saturated heterocycles. The van der Waals surface area contributed by atoms with Gasteiger partial charge in [-0.15, -0.1) is 11.6 Å². The van der Waals surface area contributed by atoms with Gasteiger partial charge in [0.2, 0.25) is 0 Å². The number of benzene rings is 1. The molecule has 0 aliphatic carbocycles. The number of phenolic OH excluding ortho intramolecular Hbond substituents is 1. The average molecular weight is 217 g/mol. The van der Waals surface area contributed by atoms with Gasteiger partial charge in [0, 0.05) is 5.88 Å². The average Bonchev–Trinajstić information content (AvgIpc) is 2.20. The first-order chi connectivity index (χ1) is 6.84. The SMILES string of the molecule is Oc1ccccc1OCCOCCCl. The molecule has 1 rings (SSSR count). The van der Waals surface area contributed by atoms with Gasteiger partial charge >= 0.3 is 0 Å². The van der Waals surface area contributed by atoms with Gasteiger partial charge in [0.15, 0.2) is 11.5 Å². The molecule has 0 unspecified atom stereocenters. The summed E-state index contributed by atoms with van der Waals surface area (Å²) in [6.45, 7) is 1.40. The lowest BCUT2D eigenvalue weighted by molar-refractivity contribution is 0.110. The Morgan fingerprint density at radius 3 is 2.64 bits per heavy atom. The van der Waals surface area contributed by atoms with E-state index in [-0.39, 0.29) is 5.75 Å². The second kappa shape index (κ2) is 6.51. The third kappa shape index (κ3) is 3.85. The van der Waals surface area contributed by atoms with Crippen molar-refractivity contribution in [2.75, 3.05) is 25.7 Å². The molecular formula is C10H13ClO3. The van der Waals surface area contributed by atoms with Gasteiger partial charge in [-0.05, 0) is 12.1 Å². The molecule has 14 heavy (non-hydrogen) atoms. The summed E-state index contributed by atoms with van der Waals surface area (Å²) in [5.74, 6) is 1.10. The predicted octanol–water partition coefficient (Wildman–Crippen LogP) is 2.03. The first kappa shape index (κ1) is 11.1. The van der Waals surface area contributed by atoms with Crippen molar-refractivity contribution in [1.82, 2.24) is 0 Å². The monoisotopic (exact) mass is 216 g/mol. The van der Waals surface area contributed by atoms with Crippen LogP contribution in [0.4, 0.5) is 0 Å². The maximum atomic E-state index is 9.33. The van der Waals surface area contributed by atoms with Gasteiger partial charge in [-0.2, -0.15) is 0 Å². The van der Waals surface area contributed by atoms with Crippen LogP contribution >= 0.6 is 11.6 Å². The summed E-state index contributed by atoms with van der Waals surface area (Å²) in [5, 5.41) is 9.33. The third-order valence-electron chi connectivity index (χ3n) is 1.57. The van der Waals surface area contributed by atoms with Crippen molar-refractivity contribution < 1.29 is 14.6 Å². The van der Waals surface area contributed by atoms with Gasteiger partial charge in [-0.25, -0.2) is 0 Å². The Balaban J connectivity index is 2.21. The predicted molar refractivity (Wildman–Crippen MR) is 55.1 cm³/mol. The maximum absolute atomic E-state index is 9.33. The third-order valence-corrected chi connectivity index (χ3v) is 1.73. The molecular weight excluding hydrogens is 204 g/mol. The lowest BCUT2D eigenvalue weighted by Crippen LogP contribution is -2.07. The topological polar surface area (TPSA) is 38.7 Å². The Kier molecular flexibility index (Phi) is 5.19. The van der Waals surface area contributed by atoms with Gasteiger partial charge in [-0.3, -0.25) is 0 Å². The molecule has 0 bridgehead atoms. The highest BCUT2D eigenvalue weighted by Gasteiger charge is 1.98. The molecule has 1 aromatic carbocycles. The normalized spacial score (nSPS) is 10.1. The van der Waals surface area contributed by atoms with Crippen molar-refractivity contribution in [3.8, 4) is 11.5 Å². The van der Waals surface area contributed by atoms with Crippen LogP contribution in [0, 0.1) is 0 Å². The first-order valence-electron chi connectivity index (χ1n) is 4.39. The molecule has 0 aliphatic rings. The Morgan fingerprint density at radius 1 is 1.14 bits per heavy atom. The maximum Gasteiger partial charge on any atom is 0.161 e. The van der Waals surface area contributed by atoms with Crippen LogP contribution in [0.1, 0.15) is 0 Å². The minimum Gasteiger partial charge on any atom is -0.504 e. The van der Waals surface area contributed by atoms with Crippen LogP contribution in [-0.2, 0) is 4.74 Å². The standard InChI is InChI=1S/C10H13ClO3/c11-5-6-13-7-8-14-10-4-2-1-3-9(10)12/h1-4,12H,5-8H2. The highest BCUT2D eigenvalue weighted by molar-refractivity contribution is 6.17. The largest absolute Gasteiger partial charge is 0.504 e. The van der Waals surface area contributed by atoms with E-state index in [9.17, 15) is 5.11 Å². The van der Waals surface area contributed by atoms with E-state index in [0.717, 1.165) is 0 Å². The highest BCUT2D eigenvalue weighted by atomic mass is 35.5. The lowest BCUT2D eigenvalue weighted by Gasteiger charge is -2.07. The summed E-state index contributed by atoms with van der Waals surface area (Å²) in [5.41, 5.74) is 0. The lowest BCUT2D eigenvalue weighted by atomic mass is 10.3. The van der Waals surface area contributed by atoms with Crippen molar-refractivity contribution in [2.45, 2.75) is 0 Å². The molecule has 0 atom stereocenters. The molecule has 0 aliphatic heterocycles. The van der Waals surface area contributed by atoms with Gasteiger partial charge in [0.1, 0.15) is 6.61 Å². The number of phenols is 1. The number of aromatic hydroxyl groups is 1. The van der Waals surface area contributed by atoms with Crippen LogP contribution in [0.25, 0.3) is 0 Å². The zero-order valence-corrected chi connectivity index (χ0v) is 8.54. The smallest absolute Gasteiger partial charge is 0.161 e. The van der Waals surface area contributed by atoms with E-state index < -0.39 is 0 Å². The molecule has 0 heterocycles. The molecule has 78 valence electrons. The molecule has 1 aromatic rings. The number of rotatable bonds is 6. The molecule has 0 fully saturated rings. The molecule has 1 N–H and O–H groups in total. The molecule has 0 saturated carbocycles. The summed E-state index contributed by atoms with van der Waals surface area (Å²) in [6.07, 6.45) is 0. The molecule has 0 aromatic heterocycles. The minimum absolute atomic E-state index is 0.143. The Bertz CT molecular complexity index is 265. The van der Waals surface area contributed by atoms with Crippen LogP contribution in [-0.4, -0.2) is 30.8 Å². The van der Waals surface area contributed by atoms with E-state index in [0.29, 0.717) is 31.5 Å². The van der Waals surface area contributed by atoms with E-state index >= 15 is 0 Å². The molecule has 0 amide bonds. The fraction of sp³-hybridized carbons (Fsp3) is 0.400. The number of hydrogen-bond acceptors (Lipinski definition) is 3. The number of ether oxygens (including phenoxy) is 2. The number of halogens is 1. The highest BCUT2D eigenvalue weighted by Crippen LogP contribution is 2.23. The second-order valence-corrected chi connectivity index (χ2v) is 3.00. The van der Waals surface area contributed by atoms with Crippen molar-refractivity contribution in [3.63, 3.8) is 0 Å². The second-order valence-electron chi connectivity index (χ2n) is 2.62. The van der Waals surface area contributed by atoms with Gasteiger partial charge in [-0.1, -0.05) is 12.1 Å². The summed E-state index contributed by atoms with van der Waals surface area (Å²) < 4.78 is 10.4. The number of hydrogen-bond donors (Lipinski definition) is 1. The van der Waals surface area contributed by atoms with Crippen LogP contribution in [0.2, 0.25) is 0 Å². The van der Waals surface area contributed by atoms with Crippen molar-refractivity contribution in [2.24, 2.45) is 0 Å². The molecule has 0 radical (unpaired) electrons. The van der Waals surface area contributed by atoms with Gasteiger partial charge in [0.25, 0.3) is 0 Å². The van der Waals surface area contributed by atoms with E-state index in [4.69, 9.17) is 21.1 Å². The van der Waals surface area contributed by atoms with Crippen LogP contribution in [0.5, 0.6) is 11.5 Å². The number of para-hydroxylation sites is 2. The zero-order chi connectivity index (χ0) is 10.2. The van der Waals surface area contributed by atoms with Crippen LogP contribution < -0.4 is 4.74 Å². The Labute approximate surface area is 88.2 Å². The van der Waals surface area contributed by atoms with Crippen molar-refractivity contribution >= 4 is 11.6 Å². The Morgan fingerprint density at radius 2 is 1.93 bits per heavy atom. The summed E-state index contributed by atoms with van der Waals surface area (Å²) in [4.78, 5) is 0. The van der Waals surface area contributed by atoms with E-state index in [2.05, 4.69) is 0 Å². The fourth-order valence-electron chi connectivity index (χ4n) is 0.946. The molecule has 0 spiro atoms. The summed E-state index contributed by atoms with van der Waals surface area (Å²) in [6, 6.07) is 6.83. The van der Waals surface area contributed by atoms with Crippen molar-refractivity contribution in [3.05, 3.63) is 24.3 Å².